The lowest BCUT2D eigenvalue weighted by Gasteiger charge is -2.31. The molecule has 2 aromatic rings. The summed E-state index contributed by atoms with van der Waals surface area (Å²) in [6, 6.07) is 7.72. The molecule has 2 N–H and O–H groups in total. The molecule has 2 aliphatic carbocycles. The summed E-state index contributed by atoms with van der Waals surface area (Å²) in [4.78, 5) is 53.1. The first-order valence-corrected chi connectivity index (χ1v) is 17.7. The molecule has 272 valence electrons. The molecule has 4 amide bonds. The molecular formula is C37H46F4N4O5. The number of imide groups is 1. The standard InChI is InChI=1S/C37H46F4N4O5/c1-25(37(39,40)41)44(23-27-12-14-29(38)15-13-27)33(47)24-45-34(48)36(50-35(45)49)19-18-28-22-30(16-17-31(28)36)42-20-7-21-43-32(46)11-4-2-3-8-26-9-5-6-10-26/h12-17,22,25-26,42H,2-11,18-21,23-24H2,1H3,(H,43,46)/t25-,36+/m0/s1. The summed E-state index contributed by atoms with van der Waals surface area (Å²) in [6.45, 7) is 0.506. The van der Waals surface area contributed by atoms with E-state index in [0.29, 0.717) is 47.7 Å². The summed E-state index contributed by atoms with van der Waals surface area (Å²) in [6.07, 6.45) is 5.81. The molecule has 0 radical (unpaired) electrons. The van der Waals surface area contributed by atoms with Crippen LogP contribution >= 0.6 is 0 Å². The van der Waals surface area contributed by atoms with Crippen LogP contribution in [-0.2, 0) is 37.7 Å². The molecule has 0 bridgehead atoms. The van der Waals surface area contributed by atoms with Gasteiger partial charge in [0.25, 0.3) is 5.91 Å². The molecule has 50 heavy (non-hydrogen) atoms. The van der Waals surface area contributed by atoms with E-state index in [1.165, 1.54) is 50.7 Å². The van der Waals surface area contributed by atoms with Crippen LogP contribution in [0.3, 0.4) is 0 Å². The van der Waals surface area contributed by atoms with Crippen LogP contribution in [0.1, 0.15) is 94.2 Å². The van der Waals surface area contributed by atoms with Gasteiger partial charge in [0.05, 0.1) is 0 Å². The second-order valence-corrected chi connectivity index (χ2v) is 13.7. The number of nitrogens with one attached hydrogen (secondary N) is 2. The number of halogens is 4. The number of amides is 4. The zero-order chi connectivity index (χ0) is 35.9. The fourth-order valence-electron chi connectivity index (χ4n) is 7.23. The molecule has 1 spiro atoms. The molecule has 1 saturated carbocycles. The van der Waals surface area contributed by atoms with Crippen molar-refractivity contribution in [2.24, 2.45) is 5.92 Å². The van der Waals surface area contributed by atoms with Crippen LogP contribution in [0.4, 0.5) is 28.0 Å². The van der Waals surface area contributed by atoms with E-state index in [0.717, 1.165) is 49.1 Å². The van der Waals surface area contributed by atoms with Gasteiger partial charge in [-0.05, 0) is 67.5 Å². The lowest BCUT2D eigenvalue weighted by Crippen LogP contribution is -2.51. The van der Waals surface area contributed by atoms with E-state index in [9.17, 15) is 36.7 Å². The van der Waals surface area contributed by atoms with Crippen molar-refractivity contribution in [1.82, 2.24) is 15.1 Å². The Morgan fingerprint density at radius 1 is 1.02 bits per heavy atom. The van der Waals surface area contributed by atoms with Crippen molar-refractivity contribution in [3.8, 4) is 0 Å². The van der Waals surface area contributed by atoms with Crippen LogP contribution in [0, 0.1) is 11.7 Å². The number of fused-ring (bicyclic) bond motifs is 2. The Bertz CT molecular complexity index is 1530. The molecule has 1 saturated heterocycles. The van der Waals surface area contributed by atoms with Crippen LogP contribution in [-0.4, -0.2) is 65.5 Å². The van der Waals surface area contributed by atoms with Gasteiger partial charge in [-0.15, -0.1) is 0 Å². The monoisotopic (exact) mass is 702 g/mol. The van der Waals surface area contributed by atoms with Gasteiger partial charge in [-0.2, -0.15) is 13.2 Å². The topological polar surface area (TPSA) is 108 Å². The molecule has 3 aliphatic rings. The normalized spacial score (nSPS) is 19.5. The third kappa shape index (κ3) is 8.95. The lowest BCUT2D eigenvalue weighted by molar-refractivity contribution is -0.187. The van der Waals surface area contributed by atoms with Crippen molar-refractivity contribution in [2.45, 2.75) is 108 Å². The number of rotatable bonds is 16. The molecule has 0 aromatic heterocycles. The molecule has 13 heteroatoms. The minimum absolute atomic E-state index is 0.0654. The number of carbonyl (C=O) groups excluding carboxylic acids is 4. The number of anilines is 1. The number of nitrogens with zero attached hydrogens (tertiary/aromatic N) is 2. The number of carbonyl (C=O) groups is 4. The highest BCUT2D eigenvalue weighted by atomic mass is 19.4. The Kier molecular flexibility index (Phi) is 12.1. The summed E-state index contributed by atoms with van der Waals surface area (Å²) in [5.41, 5.74) is 0.615. The van der Waals surface area contributed by atoms with Crippen molar-refractivity contribution in [3.63, 3.8) is 0 Å². The van der Waals surface area contributed by atoms with Gasteiger partial charge in [0.2, 0.25) is 17.4 Å². The van der Waals surface area contributed by atoms with Gasteiger partial charge in [-0.3, -0.25) is 14.4 Å². The van der Waals surface area contributed by atoms with Gasteiger partial charge in [0, 0.05) is 43.7 Å². The first-order chi connectivity index (χ1) is 23.9. The lowest BCUT2D eigenvalue weighted by atomic mass is 9.94. The second-order valence-electron chi connectivity index (χ2n) is 13.7. The Balaban J connectivity index is 1.10. The minimum Gasteiger partial charge on any atom is -0.427 e. The van der Waals surface area contributed by atoms with Crippen LogP contribution in [0.25, 0.3) is 0 Å². The van der Waals surface area contributed by atoms with Crippen LogP contribution < -0.4 is 10.6 Å². The average molecular weight is 703 g/mol. The molecule has 1 aliphatic heterocycles. The maximum atomic E-state index is 13.7. The van der Waals surface area contributed by atoms with Crippen molar-refractivity contribution < 1.29 is 41.5 Å². The van der Waals surface area contributed by atoms with E-state index in [-0.39, 0.29) is 17.9 Å². The van der Waals surface area contributed by atoms with E-state index in [2.05, 4.69) is 10.6 Å². The molecule has 2 atom stereocenters. The maximum Gasteiger partial charge on any atom is 0.418 e. The summed E-state index contributed by atoms with van der Waals surface area (Å²) in [5, 5.41) is 6.28. The van der Waals surface area contributed by atoms with E-state index >= 15 is 0 Å². The molecule has 1 heterocycles. The molecule has 5 rings (SSSR count). The highest BCUT2D eigenvalue weighted by molar-refractivity contribution is 6.06. The highest BCUT2D eigenvalue weighted by Crippen LogP contribution is 2.46. The van der Waals surface area contributed by atoms with Gasteiger partial charge in [-0.25, -0.2) is 14.1 Å². The molecule has 0 unspecified atom stereocenters. The smallest absolute Gasteiger partial charge is 0.418 e. The fourth-order valence-corrected chi connectivity index (χ4v) is 7.23. The molecule has 2 fully saturated rings. The van der Waals surface area contributed by atoms with Gasteiger partial charge in [0.1, 0.15) is 18.4 Å². The Hall–Kier alpha value is -4.16. The first kappa shape index (κ1) is 37.1. The molecular weight excluding hydrogens is 656 g/mol. The number of hydrogen-bond donors (Lipinski definition) is 2. The van der Waals surface area contributed by atoms with Gasteiger partial charge in [-0.1, -0.05) is 63.1 Å². The predicted octanol–water partition coefficient (Wildman–Crippen LogP) is 6.98. The number of unbranched alkanes of at least 4 members (excludes halogenated alkanes) is 2. The fraction of sp³-hybridized carbons (Fsp3) is 0.568. The van der Waals surface area contributed by atoms with Gasteiger partial charge >= 0.3 is 12.3 Å². The highest BCUT2D eigenvalue weighted by Gasteiger charge is 2.58. The number of aryl methyl sites for hydroxylation is 1. The number of ether oxygens (including phenoxy) is 1. The van der Waals surface area contributed by atoms with Crippen LogP contribution in [0.15, 0.2) is 42.5 Å². The Morgan fingerprint density at radius 3 is 2.48 bits per heavy atom. The third-order valence-electron chi connectivity index (χ3n) is 10.2. The van der Waals surface area contributed by atoms with Gasteiger partial charge in [0.15, 0.2) is 0 Å². The van der Waals surface area contributed by atoms with Crippen LogP contribution in [0.2, 0.25) is 0 Å². The van der Waals surface area contributed by atoms with Crippen molar-refractivity contribution in [3.05, 3.63) is 65.0 Å². The maximum absolute atomic E-state index is 13.7. The zero-order valence-electron chi connectivity index (χ0n) is 28.5. The predicted molar refractivity (Wildman–Crippen MR) is 178 cm³/mol. The van der Waals surface area contributed by atoms with Crippen molar-refractivity contribution >= 4 is 29.5 Å². The molecule has 2 aromatic carbocycles. The van der Waals surface area contributed by atoms with E-state index in [1.54, 1.807) is 12.1 Å². The Morgan fingerprint density at radius 2 is 1.76 bits per heavy atom. The quantitative estimate of drug-likeness (QED) is 0.144. The number of alkyl halides is 3. The first-order valence-electron chi connectivity index (χ1n) is 17.7. The van der Waals surface area contributed by atoms with E-state index in [4.69, 9.17) is 4.74 Å². The SMILES string of the molecule is C[C@H](N(Cc1ccc(F)cc1)C(=O)CN1C(=O)O[C@@]2(CCc3cc(NCCCNC(=O)CCCCCC4CCCC4)ccc32)C1=O)C(F)(F)F. The van der Waals surface area contributed by atoms with Crippen LogP contribution in [0.5, 0.6) is 0 Å². The minimum atomic E-state index is -4.79. The number of benzene rings is 2. The van der Waals surface area contributed by atoms with E-state index < -0.39 is 54.6 Å². The Labute approximate surface area is 290 Å². The van der Waals surface area contributed by atoms with Crippen molar-refractivity contribution in [1.29, 1.82) is 0 Å². The summed E-state index contributed by atoms with van der Waals surface area (Å²) in [5.74, 6) is -1.54. The summed E-state index contributed by atoms with van der Waals surface area (Å²) < 4.78 is 60.2. The largest absolute Gasteiger partial charge is 0.427 e. The van der Waals surface area contributed by atoms with Crippen molar-refractivity contribution in [2.75, 3.05) is 25.0 Å². The summed E-state index contributed by atoms with van der Waals surface area (Å²) in [7, 11) is 0. The summed E-state index contributed by atoms with van der Waals surface area (Å²) >= 11 is 0. The van der Waals surface area contributed by atoms with Gasteiger partial charge < -0.3 is 20.3 Å². The number of hydrogen-bond acceptors (Lipinski definition) is 6. The second kappa shape index (κ2) is 16.2. The molecule has 9 nitrogen and oxygen atoms in total. The third-order valence-corrected chi connectivity index (χ3v) is 10.2. The average Bonchev–Trinajstić information content (AvgIpc) is 3.79. The zero-order valence-corrected chi connectivity index (χ0v) is 28.5. The van der Waals surface area contributed by atoms with E-state index in [1.807, 2.05) is 6.07 Å².